The van der Waals surface area contributed by atoms with Crippen molar-refractivity contribution in [1.82, 2.24) is 10.2 Å². The summed E-state index contributed by atoms with van der Waals surface area (Å²) >= 11 is 0. The maximum absolute atomic E-state index is 12.2. The standard InChI is InChI=1S/C13H25F3N2/c1-3-8-17-12-6-4-5-11(12)7-9-18(2)10-13(14,15)16/h11-12,17H,3-10H2,1-2H3. The van der Waals surface area contributed by atoms with E-state index in [0.29, 0.717) is 18.5 Å². The molecular weight excluding hydrogens is 241 g/mol. The molecule has 0 bridgehead atoms. The van der Waals surface area contributed by atoms with Crippen LogP contribution in [0.25, 0.3) is 0 Å². The van der Waals surface area contributed by atoms with Crippen molar-refractivity contribution < 1.29 is 13.2 Å². The Kier molecular flexibility index (Phi) is 6.43. The number of alkyl halides is 3. The molecule has 5 heteroatoms. The Morgan fingerprint density at radius 3 is 2.61 bits per heavy atom. The summed E-state index contributed by atoms with van der Waals surface area (Å²) in [5, 5.41) is 3.51. The third-order valence-corrected chi connectivity index (χ3v) is 3.65. The Hall–Kier alpha value is -0.290. The van der Waals surface area contributed by atoms with E-state index in [4.69, 9.17) is 0 Å². The van der Waals surface area contributed by atoms with Gasteiger partial charge in [0.25, 0.3) is 0 Å². The van der Waals surface area contributed by atoms with Crippen molar-refractivity contribution in [2.75, 3.05) is 26.7 Å². The second kappa shape index (κ2) is 7.34. The van der Waals surface area contributed by atoms with Crippen LogP contribution in [-0.2, 0) is 0 Å². The summed E-state index contributed by atoms with van der Waals surface area (Å²) in [7, 11) is 1.55. The number of hydrogen-bond donors (Lipinski definition) is 1. The number of halogens is 3. The first kappa shape index (κ1) is 15.8. The fourth-order valence-electron chi connectivity index (χ4n) is 2.75. The smallest absolute Gasteiger partial charge is 0.314 e. The molecule has 18 heavy (non-hydrogen) atoms. The van der Waals surface area contributed by atoms with Gasteiger partial charge in [0.2, 0.25) is 0 Å². The molecule has 0 radical (unpaired) electrons. The maximum atomic E-state index is 12.2. The molecule has 2 nitrogen and oxygen atoms in total. The highest BCUT2D eigenvalue weighted by molar-refractivity contribution is 4.83. The van der Waals surface area contributed by atoms with Crippen LogP contribution in [0.4, 0.5) is 13.2 Å². The van der Waals surface area contributed by atoms with E-state index < -0.39 is 12.7 Å². The lowest BCUT2D eigenvalue weighted by molar-refractivity contribution is -0.143. The third-order valence-electron chi connectivity index (χ3n) is 3.65. The first-order valence-electron chi connectivity index (χ1n) is 6.91. The quantitative estimate of drug-likeness (QED) is 0.762. The fourth-order valence-corrected chi connectivity index (χ4v) is 2.75. The second-order valence-corrected chi connectivity index (χ2v) is 5.39. The summed E-state index contributed by atoms with van der Waals surface area (Å²) in [6, 6.07) is 0.518. The lowest BCUT2D eigenvalue weighted by Gasteiger charge is -2.24. The van der Waals surface area contributed by atoms with Crippen LogP contribution in [0.2, 0.25) is 0 Å². The summed E-state index contributed by atoms with van der Waals surface area (Å²) < 4.78 is 36.6. The van der Waals surface area contributed by atoms with Crippen LogP contribution in [0, 0.1) is 5.92 Å². The van der Waals surface area contributed by atoms with Gasteiger partial charge in [-0.1, -0.05) is 13.3 Å². The zero-order chi connectivity index (χ0) is 13.6. The molecule has 0 aromatic carbocycles. The monoisotopic (exact) mass is 266 g/mol. The van der Waals surface area contributed by atoms with E-state index in [9.17, 15) is 13.2 Å². The van der Waals surface area contributed by atoms with Gasteiger partial charge in [0, 0.05) is 6.04 Å². The molecule has 0 spiro atoms. The lowest BCUT2D eigenvalue weighted by atomic mass is 9.99. The van der Waals surface area contributed by atoms with Gasteiger partial charge < -0.3 is 5.32 Å². The summed E-state index contributed by atoms with van der Waals surface area (Å²) in [4.78, 5) is 1.38. The summed E-state index contributed by atoms with van der Waals surface area (Å²) in [5.74, 6) is 0.548. The molecule has 1 aliphatic carbocycles. The molecule has 0 amide bonds. The van der Waals surface area contributed by atoms with Crippen molar-refractivity contribution in [2.24, 2.45) is 5.92 Å². The van der Waals surface area contributed by atoms with E-state index in [0.717, 1.165) is 25.8 Å². The van der Waals surface area contributed by atoms with Crippen LogP contribution >= 0.6 is 0 Å². The minimum absolute atomic E-state index is 0.518. The molecule has 0 aromatic rings. The van der Waals surface area contributed by atoms with Crippen molar-refractivity contribution >= 4 is 0 Å². The molecule has 2 atom stereocenters. The molecule has 108 valence electrons. The van der Waals surface area contributed by atoms with Crippen molar-refractivity contribution in [3.05, 3.63) is 0 Å². The molecule has 2 unspecified atom stereocenters. The SMILES string of the molecule is CCCNC1CCCC1CCN(C)CC(F)(F)F. The van der Waals surface area contributed by atoms with Crippen LogP contribution in [0.5, 0.6) is 0 Å². The van der Waals surface area contributed by atoms with Gasteiger partial charge in [0.1, 0.15) is 0 Å². The molecular formula is C13H25F3N2. The first-order valence-corrected chi connectivity index (χ1v) is 6.91. The highest BCUT2D eigenvalue weighted by atomic mass is 19.4. The van der Waals surface area contributed by atoms with Crippen molar-refractivity contribution in [2.45, 2.75) is 51.2 Å². The average Bonchev–Trinajstić information content (AvgIpc) is 2.68. The van der Waals surface area contributed by atoms with Crippen LogP contribution in [0.1, 0.15) is 39.0 Å². The van der Waals surface area contributed by atoms with Gasteiger partial charge in [0.05, 0.1) is 6.54 Å². The normalized spacial score (nSPS) is 25.0. The molecule has 1 rings (SSSR count). The van der Waals surface area contributed by atoms with E-state index in [1.165, 1.54) is 17.7 Å². The Labute approximate surface area is 108 Å². The highest BCUT2D eigenvalue weighted by Crippen LogP contribution is 2.28. The zero-order valence-electron chi connectivity index (χ0n) is 11.4. The predicted molar refractivity (Wildman–Crippen MR) is 67.6 cm³/mol. The summed E-state index contributed by atoms with van der Waals surface area (Å²) in [6.07, 6.45) is 1.43. The van der Waals surface area contributed by atoms with Gasteiger partial charge in [-0.3, -0.25) is 4.90 Å². The van der Waals surface area contributed by atoms with Gasteiger partial charge in [-0.05, 0) is 51.7 Å². The number of hydrogen-bond acceptors (Lipinski definition) is 2. The van der Waals surface area contributed by atoms with Gasteiger partial charge >= 0.3 is 6.18 Å². The van der Waals surface area contributed by atoms with Crippen LogP contribution in [0.3, 0.4) is 0 Å². The maximum Gasteiger partial charge on any atom is 0.401 e. The predicted octanol–water partition coefficient (Wildman–Crippen LogP) is 3.04. The molecule has 1 saturated carbocycles. The average molecular weight is 266 g/mol. The molecule has 1 fully saturated rings. The lowest BCUT2D eigenvalue weighted by Crippen LogP contribution is -2.36. The van der Waals surface area contributed by atoms with Crippen molar-refractivity contribution in [3.63, 3.8) is 0 Å². The summed E-state index contributed by atoms with van der Waals surface area (Å²) in [6.45, 7) is 2.88. The van der Waals surface area contributed by atoms with Crippen LogP contribution < -0.4 is 5.32 Å². The van der Waals surface area contributed by atoms with Crippen LogP contribution in [-0.4, -0.2) is 43.8 Å². The minimum atomic E-state index is -4.08. The first-order chi connectivity index (χ1) is 8.42. The van der Waals surface area contributed by atoms with E-state index in [1.807, 2.05) is 0 Å². The Balaban J connectivity index is 2.24. The van der Waals surface area contributed by atoms with E-state index in [2.05, 4.69) is 12.2 Å². The molecule has 0 saturated heterocycles. The van der Waals surface area contributed by atoms with Crippen molar-refractivity contribution in [1.29, 1.82) is 0 Å². The van der Waals surface area contributed by atoms with Gasteiger partial charge in [-0.25, -0.2) is 0 Å². The number of nitrogens with zero attached hydrogens (tertiary/aromatic N) is 1. The Morgan fingerprint density at radius 1 is 1.28 bits per heavy atom. The van der Waals surface area contributed by atoms with E-state index in [1.54, 1.807) is 7.05 Å². The molecule has 0 aliphatic heterocycles. The topological polar surface area (TPSA) is 15.3 Å². The highest BCUT2D eigenvalue weighted by Gasteiger charge is 2.30. The Morgan fingerprint density at radius 2 is 2.00 bits per heavy atom. The minimum Gasteiger partial charge on any atom is -0.314 e. The summed E-state index contributed by atoms with van der Waals surface area (Å²) in [5.41, 5.74) is 0. The molecule has 0 aromatic heterocycles. The van der Waals surface area contributed by atoms with Gasteiger partial charge in [-0.15, -0.1) is 0 Å². The van der Waals surface area contributed by atoms with Gasteiger partial charge in [0.15, 0.2) is 0 Å². The van der Waals surface area contributed by atoms with E-state index >= 15 is 0 Å². The van der Waals surface area contributed by atoms with E-state index in [-0.39, 0.29) is 0 Å². The molecule has 1 aliphatic rings. The second-order valence-electron chi connectivity index (χ2n) is 5.39. The Bertz CT molecular complexity index is 231. The molecule has 0 heterocycles. The largest absolute Gasteiger partial charge is 0.401 e. The van der Waals surface area contributed by atoms with Crippen LogP contribution in [0.15, 0.2) is 0 Å². The number of nitrogens with one attached hydrogen (secondary N) is 1. The third kappa shape index (κ3) is 6.05. The zero-order valence-corrected chi connectivity index (χ0v) is 11.4. The fraction of sp³-hybridized carbons (Fsp3) is 1.00. The van der Waals surface area contributed by atoms with Gasteiger partial charge in [-0.2, -0.15) is 13.2 Å². The molecule has 1 N–H and O–H groups in total. The number of rotatable bonds is 7. The van der Waals surface area contributed by atoms with Crippen molar-refractivity contribution in [3.8, 4) is 0 Å².